The van der Waals surface area contributed by atoms with E-state index < -0.39 is 25.6 Å². The maximum Gasteiger partial charge on any atom is 0.139 e. The Bertz CT molecular complexity index is 158. The minimum atomic E-state index is -0.858. The van der Waals surface area contributed by atoms with Crippen LogP contribution in [-0.2, 0) is 0 Å². The lowest BCUT2D eigenvalue weighted by atomic mass is 10.9. The fourth-order valence-electron chi connectivity index (χ4n) is 1.63. The molecule has 0 aliphatic carbocycles. The summed E-state index contributed by atoms with van der Waals surface area (Å²) in [5, 5.41) is 1.21. The smallest absolute Gasteiger partial charge is 0.139 e. The second kappa shape index (κ2) is 2.84. The predicted octanol–water partition coefficient (Wildman–Crippen LogP) is 2.77. The van der Waals surface area contributed by atoms with Crippen LogP contribution in [0.15, 0.2) is 0 Å². The third-order valence-corrected chi connectivity index (χ3v) is 11.3. The molecular formula is C8H19FS2. The van der Waals surface area contributed by atoms with Crippen LogP contribution in [0.2, 0.25) is 0 Å². The second-order valence-corrected chi connectivity index (χ2v) is 12.7. The van der Waals surface area contributed by atoms with E-state index in [0.29, 0.717) is 0 Å². The van der Waals surface area contributed by atoms with Gasteiger partial charge in [-0.25, -0.2) is 24.4 Å². The van der Waals surface area contributed by atoms with Crippen molar-refractivity contribution in [3.63, 3.8) is 0 Å². The summed E-state index contributed by atoms with van der Waals surface area (Å²) in [6.45, 7) is 2.14. The van der Waals surface area contributed by atoms with Crippen LogP contribution >= 0.6 is 20.1 Å². The van der Waals surface area contributed by atoms with E-state index in [-0.39, 0.29) is 0 Å². The molecule has 0 N–H and O–H groups in total. The maximum atomic E-state index is 13.5. The second-order valence-electron chi connectivity index (χ2n) is 4.10. The summed E-state index contributed by atoms with van der Waals surface area (Å²) in [7, 11) is -1.41. The molecule has 70 valence electrons. The first-order valence-corrected chi connectivity index (χ1v) is 9.18. The molecule has 1 fully saturated rings. The molecule has 0 nitrogen and oxygen atoms in total. The highest BCUT2D eigenvalue weighted by Crippen LogP contribution is 2.68. The van der Waals surface area contributed by atoms with Gasteiger partial charge in [0.1, 0.15) is 5.50 Å². The third-order valence-electron chi connectivity index (χ3n) is 2.45. The topological polar surface area (TPSA) is 0 Å². The molecule has 2 atom stereocenters. The maximum absolute atomic E-state index is 13.5. The standard InChI is InChI=1S/C8H19FS2/c1-5-11(4)7-10(2,3)6-8(11)9/h8H,5-7H2,1-4H3. The van der Waals surface area contributed by atoms with Crippen molar-refractivity contribution >= 4 is 20.1 Å². The fraction of sp³-hybridized carbons (Fsp3) is 1.00. The fourth-order valence-corrected chi connectivity index (χ4v) is 12.6. The van der Waals surface area contributed by atoms with Gasteiger partial charge in [0.25, 0.3) is 0 Å². The monoisotopic (exact) mass is 198 g/mol. The summed E-state index contributed by atoms with van der Waals surface area (Å²) in [6.07, 6.45) is 6.72. The third kappa shape index (κ3) is 1.86. The van der Waals surface area contributed by atoms with E-state index in [1.165, 1.54) is 5.08 Å². The average Bonchev–Trinajstić information content (AvgIpc) is 2.03. The van der Waals surface area contributed by atoms with Crippen molar-refractivity contribution in [3.05, 3.63) is 0 Å². The van der Waals surface area contributed by atoms with Gasteiger partial charge in [-0.05, 0) is 24.5 Å². The molecular weight excluding hydrogens is 179 g/mol. The predicted molar refractivity (Wildman–Crippen MR) is 58.1 cm³/mol. The molecule has 0 spiro atoms. The molecule has 11 heavy (non-hydrogen) atoms. The molecule has 0 radical (unpaired) electrons. The normalized spacial score (nSPS) is 51.5. The number of rotatable bonds is 1. The summed E-state index contributed by atoms with van der Waals surface area (Å²) in [5.74, 6) is 1.94. The molecule has 0 bridgehead atoms. The van der Waals surface area contributed by atoms with Crippen LogP contribution in [0.3, 0.4) is 0 Å². The Morgan fingerprint density at radius 1 is 1.36 bits per heavy atom. The largest absolute Gasteiger partial charge is 0.236 e. The van der Waals surface area contributed by atoms with Gasteiger partial charge < -0.3 is 0 Å². The Kier molecular flexibility index (Phi) is 2.51. The Morgan fingerprint density at radius 3 is 2.09 bits per heavy atom. The highest BCUT2D eigenvalue weighted by molar-refractivity contribution is 8.51. The first-order valence-electron chi connectivity index (χ1n) is 3.95. The molecule has 1 aliphatic heterocycles. The minimum Gasteiger partial charge on any atom is -0.236 e. The van der Waals surface area contributed by atoms with Gasteiger partial charge in [-0.1, -0.05) is 6.92 Å². The van der Waals surface area contributed by atoms with Gasteiger partial charge in [0, 0.05) is 10.8 Å². The van der Waals surface area contributed by atoms with E-state index in [4.69, 9.17) is 0 Å². The van der Waals surface area contributed by atoms with E-state index in [9.17, 15) is 4.39 Å². The van der Waals surface area contributed by atoms with Crippen molar-refractivity contribution in [1.82, 2.24) is 0 Å². The van der Waals surface area contributed by atoms with E-state index in [0.717, 1.165) is 11.5 Å². The van der Waals surface area contributed by atoms with E-state index in [2.05, 4.69) is 25.7 Å². The summed E-state index contributed by atoms with van der Waals surface area (Å²) < 4.78 is 13.5. The van der Waals surface area contributed by atoms with Crippen LogP contribution < -0.4 is 0 Å². The summed E-state index contributed by atoms with van der Waals surface area (Å²) in [6, 6.07) is 0. The Hall–Kier alpha value is 0.630. The molecule has 1 saturated heterocycles. The summed E-state index contributed by atoms with van der Waals surface area (Å²) >= 11 is 0. The number of hydrogen-bond acceptors (Lipinski definition) is 0. The lowest BCUT2D eigenvalue weighted by Crippen LogP contribution is -2.11. The Morgan fingerprint density at radius 2 is 1.91 bits per heavy atom. The van der Waals surface area contributed by atoms with Gasteiger partial charge in [-0.3, -0.25) is 0 Å². The summed E-state index contributed by atoms with van der Waals surface area (Å²) in [4.78, 5) is 0. The van der Waals surface area contributed by atoms with E-state index >= 15 is 0 Å². The van der Waals surface area contributed by atoms with Crippen LogP contribution in [0.5, 0.6) is 0 Å². The van der Waals surface area contributed by atoms with E-state index in [1.807, 2.05) is 0 Å². The Balaban J connectivity index is 2.73. The average molecular weight is 198 g/mol. The minimum absolute atomic E-state index is 0.461. The summed E-state index contributed by atoms with van der Waals surface area (Å²) in [5.41, 5.74) is -0.461. The molecule has 2 unspecified atom stereocenters. The number of halogens is 1. The van der Waals surface area contributed by atoms with Crippen molar-refractivity contribution < 1.29 is 4.39 Å². The van der Waals surface area contributed by atoms with Crippen molar-refractivity contribution in [1.29, 1.82) is 0 Å². The SMILES string of the molecule is CCS1(C)CS(C)(C)CC1F. The van der Waals surface area contributed by atoms with Gasteiger partial charge >= 0.3 is 0 Å². The van der Waals surface area contributed by atoms with Crippen molar-refractivity contribution in [3.8, 4) is 0 Å². The van der Waals surface area contributed by atoms with E-state index in [1.54, 1.807) is 0 Å². The quantitative estimate of drug-likeness (QED) is 0.608. The molecule has 1 heterocycles. The molecule has 0 saturated carbocycles. The molecule has 3 heteroatoms. The highest BCUT2D eigenvalue weighted by atomic mass is 32.3. The number of hydrogen-bond donors (Lipinski definition) is 0. The molecule has 0 aromatic carbocycles. The van der Waals surface area contributed by atoms with Crippen molar-refractivity contribution in [2.45, 2.75) is 12.4 Å². The van der Waals surface area contributed by atoms with Crippen molar-refractivity contribution in [2.75, 3.05) is 35.4 Å². The molecule has 0 amide bonds. The van der Waals surface area contributed by atoms with Gasteiger partial charge in [0.05, 0.1) is 0 Å². The van der Waals surface area contributed by atoms with Gasteiger partial charge in [0.2, 0.25) is 0 Å². The molecule has 1 aliphatic rings. The Labute approximate surface area is 72.6 Å². The van der Waals surface area contributed by atoms with Gasteiger partial charge in [-0.15, -0.1) is 0 Å². The lowest BCUT2D eigenvalue weighted by molar-refractivity contribution is 0.485. The van der Waals surface area contributed by atoms with Gasteiger partial charge in [0.15, 0.2) is 0 Å². The van der Waals surface area contributed by atoms with Crippen LogP contribution in [0.1, 0.15) is 6.92 Å². The van der Waals surface area contributed by atoms with Crippen LogP contribution in [0.4, 0.5) is 4.39 Å². The van der Waals surface area contributed by atoms with Crippen LogP contribution in [0, 0.1) is 0 Å². The van der Waals surface area contributed by atoms with Crippen LogP contribution in [-0.4, -0.2) is 40.9 Å². The van der Waals surface area contributed by atoms with Crippen molar-refractivity contribution in [2.24, 2.45) is 0 Å². The zero-order chi connectivity index (χ0) is 8.70. The number of alkyl halides is 1. The first-order chi connectivity index (χ1) is 4.90. The lowest BCUT2D eigenvalue weighted by Gasteiger charge is -2.33. The molecule has 0 aromatic heterocycles. The first kappa shape index (κ1) is 9.72. The highest BCUT2D eigenvalue weighted by Gasteiger charge is 2.40. The zero-order valence-electron chi connectivity index (χ0n) is 7.89. The zero-order valence-corrected chi connectivity index (χ0v) is 9.53. The molecule has 1 rings (SSSR count). The van der Waals surface area contributed by atoms with Gasteiger partial charge in [-0.2, -0.15) is 0 Å². The van der Waals surface area contributed by atoms with Crippen LogP contribution in [0.25, 0.3) is 0 Å². The molecule has 0 aromatic rings.